The van der Waals surface area contributed by atoms with Crippen LogP contribution in [0.25, 0.3) is 16.9 Å². The fourth-order valence-electron chi connectivity index (χ4n) is 3.18. The second-order valence-corrected chi connectivity index (χ2v) is 6.50. The molecule has 0 aliphatic carbocycles. The van der Waals surface area contributed by atoms with E-state index in [9.17, 15) is 4.79 Å². The first-order chi connectivity index (χ1) is 12.2. The van der Waals surface area contributed by atoms with Crippen LogP contribution in [0.3, 0.4) is 0 Å². The van der Waals surface area contributed by atoms with E-state index in [-0.39, 0.29) is 11.8 Å². The average Bonchev–Trinajstić information content (AvgIpc) is 3.08. The maximum atomic E-state index is 12.5. The Bertz CT molecular complexity index is 877. The monoisotopic (exact) mass is 335 g/mol. The van der Waals surface area contributed by atoms with Gasteiger partial charge in [-0.25, -0.2) is 4.98 Å². The Morgan fingerprint density at radius 3 is 2.88 bits per heavy atom. The molecule has 5 heteroatoms. The van der Waals surface area contributed by atoms with Crippen molar-refractivity contribution in [2.75, 3.05) is 18.5 Å². The molecular weight excluding hydrogens is 314 g/mol. The van der Waals surface area contributed by atoms with Gasteiger partial charge in [0.25, 0.3) is 0 Å². The van der Waals surface area contributed by atoms with Crippen molar-refractivity contribution < 1.29 is 9.53 Å². The molecule has 0 bridgehead atoms. The number of aromatic nitrogens is 2. The number of nitrogens with one attached hydrogen (secondary N) is 1. The molecule has 1 N–H and O–H groups in total. The SMILES string of the molecule is Cc1ccc(-c2cn3ccccc3n2)cc1NC(=O)C1CCOCC1. The van der Waals surface area contributed by atoms with E-state index in [4.69, 9.17) is 4.74 Å². The van der Waals surface area contributed by atoms with Gasteiger partial charge in [0.05, 0.1) is 5.69 Å². The standard InChI is InChI=1S/C20H21N3O2/c1-14-5-6-16(18-13-23-9-3-2-4-19(23)21-18)12-17(14)22-20(24)15-7-10-25-11-8-15/h2-6,9,12-13,15H,7-8,10-11H2,1H3,(H,22,24). The number of imidazole rings is 1. The van der Waals surface area contributed by atoms with Crippen LogP contribution in [-0.4, -0.2) is 28.5 Å². The maximum absolute atomic E-state index is 12.5. The number of carbonyl (C=O) groups is 1. The van der Waals surface area contributed by atoms with Crippen molar-refractivity contribution in [1.29, 1.82) is 0 Å². The molecule has 3 heterocycles. The van der Waals surface area contributed by atoms with E-state index in [0.29, 0.717) is 13.2 Å². The first-order valence-electron chi connectivity index (χ1n) is 8.64. The lowest BCUT2D eigenvalue weighted by molar-refractivity contribution is -0.122. The number of fused-ring (bicyclic) bond motifs is 1. The zero-order valence-corrected chi connectivity index (χ0v) is 14.2. The summed E-state index contributed by atoms with van der Waals surface area (Å²) in [4.78, 5) is 17.2. The number of amides is 1. The van der Waals surface area contributed by atoms with Gasteiger partial charge in [-0.2, -0.15) is 0 Å². The molecular formula is C20H21N3O2. The Hall–Kier alpha value is -2.66. The van der Waals surface area contributed by atoms with Crippen LogP contribution in [0.4, 0.5) is 5.69 Å². The van der Waals surface area contributed by atoms with E-state index in [0.717, 1.165) is 41.0 Å². The van der Waals surface area contributed by atoms with Gasteiger partial charge in [0, 0.05) is 42.8 Å². The lowest BCUT2D eigenvalue weighted by Gasteiger charge is -2.21. The van der Waals surface area contributed by atoms with E-state index in [1.165, 1.54) is 0 Å². The minimum Gasteiger partial charge on any atom is -0.381 e. The summed E-state index contributed by atoms with van der Waals surface area (Å²) < 4.78 is 7.33. The second kappa shape index (κ2) is 6.69. The summed E-state index contributed by atoms with van der Waals surface area (Å²) in [5, 5.41) is 3.09. The fourth-order valence-corrected chi connectivity index (χ4v) is 3.18. The number of nitrogens with zero attached hydrogens (tertiary/aromatic N) is 2. The summed E-state index contributed by atoms with van der Waals surface area (Å²) >= 11 is 0. The molecule has 5 nitrogen and oxygen atoms in total. The number of rotatable bonds is 3. The fraction of sp³-hybridized carbons (Fsp3) is 0.300. The maximum Gasteiger partial charge on any atom is 0.227 e. The highest BCUT2D eigenvalue weighted by Gasteiger charge is 2.22. The van der Waals surface area contributed by atoms with Crippen LogP contribution in [0.15, 0.2) is 48.8 Å². The Kier molecular flexibility index (Phi) is 4.24. The topological polar surface area (TPSA) is 55.6 Å². The van der Waals surface area contributed by atoms with Crippen molar-refractivity contribution in [3.8, 4) is 11.3 Å². The zero-order chi connectivity index (χ0) is 17.2. The van der Waals surface area contributed by atoms with E-state index in [2.05, 4.69) is 10.3 Å². The van der Waals surface area contributed by atoms with Gasteiger partial charge in [-0.3, -0.25) is 4.79 Å². The molecule has 0 atom stereocenters. The normalized spacial score (nSPS) is 15.4. The number of pyridine rings is 1. The molecule has 3 aromatic rings. The molecule has 0 spiro atoms. The van der Waals surface area contributed by atoms with Gasteiger partial charge in [0.2, 0.25) is 5.91 Å². The van der Waals surface area contributed by atoms with E-state index >= 15 is 0 Å². The quantitative estimate of drug-likeness (QED) is 0.794. The van der Waals surface area contributed by atoms with Gasteiger partial charge in [0.1, 0.15) is 5.65 Å². The summed E-state index contributed by atoms with van der Waals surface area (Å²) in [7, 11) is 0. The van der Waals surface area contributed by atoms with Crippen molar-refractivity contribution in [1.82, 2.24) is 9.38 Å². The lowest BCUT2D eigenvalue weighted by atomic mass is 9.99. The average molecular weight is 335 g/mol. The van der Waals surface area contributed by atoms with Gasteiger partial charge in [-0.05, 0) is 43.5 Å². The highest BCUT2D eigenvalue weighted by molar-refractivity contribution is 5.94. The Balaban J connectivity index is 1.60. The predicted molar refractivity (Wildman–Crippen MR) is 97.5 cm³/mol. The minimum atomic E-state index is 0.0343. The molecule has 2 aromatic heterocycles. The minimum absolute atomic E-state index is 0.0343. The number of benzene rings is 1. The van der Waals surface area contributed by atoms with E-state index in [1.54, 1.807) is 0 Å². The zero-order valence-electron chi connectivity index (χ0n) is 14.2. The Morgan fingerprint density at radius 1 is 1.24 bits per heavy atom. The number of carbonyl (C=O) groups excluding carboxylic acids is 1. The Morgan fingerprint density at radius 2 is 2.08 bits per heavy atom. The highest BCUT2D eigenvalue weighted by atomic mass is 16.5. The lowest BCUT2D eigenvalue weighted by Crippen LogP contribution is -2.28. The van der Waals surface area contributed by atoms with Crippen molar-refractivity contribution >= 4 is 17.2 Å². The van der Waals surface area contributed by atoms with Crippen LogP contribution in [0, 0.1) is 12.8 Å². The van der Waals surface area contributed by atoms with Gasteiger partial charge >= 0.3 is 0 Å². The van der Waals surface area contributed by atoms with Crippen LogP contribution in [0.2, 0.25) is 0 Å². The number of anilines is 1. The van der Waals surface area contributed by atoms with Crippen molar-refractivity contribution in [3.63, 3.8) is 0 Å². The van der Waals surface area contributed by atoms with E-state index in [1.807, 2.05) is 60.1 Å². The molecule has 1 amide bonds. The first-order valence-corrected chi connectivity index (χ1v) is 8.64. The summed E-state index contributed by atoms with van der Waals surface area (Å²) in [6, 6.07) is 12.0. The second-order valence-electron chi connectivity index (χ2n) is 6.50. The molecule has 0 unspecified atom stereocenters. The molecule has 4 rings (SSSR count). The third-order valence-corrected chi connectivity index (χ3v) is 4.75. The smallest absolute Gasteiger partial charge is 0.227 e. The van der Waals surface area contributed by atoms with Crippen molar-refractivity contribution in [2.45, 2.75) is 19.8 Å². The summed E-state index contributed by atoms with van der Waals surface area (Å²) in [5.41, 5.74) is 4.70. The third-order valence-electron chi connectivity index (χ3n) is 4.75. The molecule has 0 radical (unpaired) electrons. The predicted octanol–water partition coefficient (Wildman–Crippen LogP) is 3.67. The van der Waals surface area contributed by atoms with Gasteiger partial charge in [-0.15, -0.1) is 0 Å². The first kappa shape index (κ1) is 15.8. The third kappa shape index (κ3) is 3.28. The molecule has 1 aromatic carbocycles. The molecule has 25 heavy (non-hydrogen) atoms. The largest absolute Gasteiger partial charge is 0.381 e. The molecule has 1 aliphatic rings. The van der Waals surface area contributed by atoms with Crippen LogP contribution in [0.5, 0.6) is 0 Å². The van der Waals surface area contributed by atoms with Crippen molar-refractivity contribution in [2.24, 2.45) is 5.92 Å². The Labute approximate surface area is 146 Å². The van der Waals surface area contributed by atoms with Gasteiger partial charge in [0.15, 0.2) is 0 Å². The molecule has 1 fully saturated rings. The summed E-state index contributed by atoms with van der Waals surface area (Å²) in [6.07, 6.45) is 5.56. The van der Waals surface area contributed by atoms with Gasteiger partial charge < -0.3 is 14.5 Å². The van der Waals surface area contributed by atoms with E-state index < -0.39 is 0 Å². The van der Waals surface area contributed by atoms with Crippen LogP contribution in [0.1, 0.15) is 18.4 Å². The number of ether oxygens (including phenoxy) is 1. The van der Waals surface area contributed by atoms with Crippen LogP contribution >= 0.6 is 0 Å². The number of hydrogen-bond acceptors (Lipinski definition) is 3. The number of aryl methyl sites for hydroxylation is 1. The van der Waals surface area contributed by atoms with Gasteiger partial charge in [-0.1, -0.05) is 18.2 Å². The molecule has 128 valence electrons. The van der Waals surface area contributed by atoms with Crippen LogP contribution < -0.4 is 5.32 Å². The van der Waals surface area contributed by atoms with Crippen LogP contribution in [-0.2, 0) is 9.53 Å². The summed E-state index contributed by atoms with van der Waals surface area (Å²) in [6.45, 7) is 3.34. The summed E-state index contributed by atoms with van der Waals surface area (Å²) in [5.74, 6) is 0.116. The highest BCUT2D eigenvalue weighted by Crippen LogP contribution is 2.26. The molecule has 1 aliphatic heterocycles. The molecule has 0 saturated carbocycles. The van der Waals surface area contributed by atoms with Crippen molar-refractivity contribution in [3.05, 3.63) is 54.4 Å². The number of hydrogen-bond donors (Lipinski definition) is 1. The molecule has 1 saturated heterocycles.